The minimum Gasteiger partial charge on any atom is -0.276 e. The predicted octanol–water partition coefficient (Wildman–Crippen LogP) is 1.86. The molecule has 1 aromatic carbocycles. The first-order valence-corrected chi connectivity index (χ1v) is 8.93. The van der Waals surface area contributed by atoms with Crippen LogP contribution in [0.5, 0.6) is 0 Å². The number of sulfonamides is 1. The average molecular weight is 330 g/mol. The number of nitriles is 1. The first-order valence-electron chi connectivity index (χ1n) is 7.49. The summed E-state index contributed by atoms with van der Waals surface area (Å²) in [4.78, 5) is 0.239. The van der Waals surface area contributed by atoms with E-state index in [4.69, 9.17) is 5.26 Å². The van der Waals surface area contributed by atoms with Crippen molar-refractivity contribution >= 4 is 10.0 Å². The van der Waals surface area contributed by atoms with E-state index >= 15 is 0 Å². The fraction of sp³-hybridized carbons (Fsp3) is 0.375. The van der Waals surface area contributed by atoms with E-state index < -0.39 is 10.0 Å². The summed E-state index contributed by atoms with van der Waals surface area (Å²) in [6.45, 7) is 0.993. The Morgan fingerprint density at radius 3 is 2.65 bits per heavy atom. The highest BCUT2D eigenvalue weighted by Gasteiger charge is 2.31. The van der Waals surface area contributed by atoms with Crippen molar-refractivity contribution in [3.63, 3.8) is 0 Å². The molecule has 2 heterocycles. The number of hydrogen-bond donors (Lipinski definition) is 0. The van der Waals surface area contributed by atoms with Crippen molar-refractivity contribution in [3.05, 3.63) is 47.8 Å². The summed E-state index contributed by atoms with van der Waals surface area (Å²) >= 11 is 0. The van der Waals surface area contributed by atoms with Gasteiger partial charge in [-0.3, -0.25) is 4.68 Å². The molecule has 0 amide bonds. The van der Waals surface area contributed by atoms with Crippen LogP contribution in [0, 0.1) is 11.3 Å². The Hall–Kier alpha value is -2.17. The van der Waals surface area contributed by atoms with Crippen LogP contribution < -0.4 is 0 Å². The van der Waals surface area contributed by atoms with Crippen LogP contribution in [-0.2, 0) is 17.1 Å². The van der Waals surface area contributed by atoms with Crippen molar-refractivity contribution in [1.82, 2.24) is 14.1 Å². The summed E-state index contributed by atoms with van der Waals surface area (Å²) in [6, 6.07) is 8.08. The lowest BCUT2D eigenvalue weighted by Crippen LogP contribution is -2.39. The van der Waals surface area contributed by atoms with Crippen molar-refractivity contribution in [1.29, 1.82) is 5.26 Å². The minimum absolute atomic E-state index is 0.172. The molecular weight excluding hydrogens is 312 g/mol. The van der Waals surface area contributed by atoms with Crippen LogP contribution in [0.3, 0.4) is 0 Å². The molecule has 1 aromatic heterocycles. The lowest BCUT2D eigenvalue weighted by molar-refractivity contribution is 0.315. The molecule has 2 aromatic rings. The van der Waals surface area contributed by atoms with Gasteiger partial charge in [0.1, 0.15) is 0 Å². The van der Waals surface area contributed by atoms with Crippen LogP contribution in [0.25, 0.3) is 0 Å². The lowest BCUT2D eigenvalue weighted by Gasteiger charge is -2.31. The molecule has 3 rings (SSSR count). The summed E-state index contributed by atoms with van der Waals surface area (Å²) in [5, 5.41) is 13.0. The van der Waals surface area contributed by atoms with Crippen molar-refractivity contribution < 1.29 is 8.42 Å². The standard InChI is InChI=1S/C16H18N4O2S/c1-19-11-15(10-18-19)14-3-2-8-20(12-14)23(21,22)16-6-4-13(9-17)5-7-16/h4-7,10-11,14H,2-3,8,12H2,1H3. The molecule has 0 spiro atoms. The fourth-order valence-electron chi connectivity index (χ4n) is 2.93. The van der Waals surface area contributed by atoms with Gasteiger partial charge in [0.2, 0.25) is 10.0 Å². The number of piperidine rings is 1. The van der Waals surface area contributed by atoms with E-state index in [-0.39, 0.29) is 10.8 Å². The Bertz CT molecular complexity index is 834. The topological polar surface area (TPSA) is 79.0 Å². The lowest BCUT2D eigenvalue weighted by atomic mass is 9.94. The maximum absolute atomic E-state index is 12.8. The van der Waals surface area contributed by atoms with Gasteiger partial charge < -0.3 is 0 Å². The zero-order chi connectivity index (χ0) is 16.4. The van der Waals surface area contributed by atoms with Gasteiger partial charge >= 0.3 is 0 Å². The van der Waals surface area contributed by atoms with Gasteiger partial charge in [0.05, 0.1) is 22.7 Å². The molecule has 1 fully saturated rings. The molecule has 1 atom stereocenters. The molecule has 0 bridgehead atoms. The first kappa shape index (κ1) is 15.7. The number of aromatic nitrogens is 2. The third-order valence-electron chi connectivity index (χ3n) is 4.20. The second-order valence-electron chi connectivity index (χ2n) is 5.79. The third-order valence-corrected chi connectivity index (χ3v) is 6.08. The van der Waals surface area contributed by atoms with Gasteiger partial charge in [0, 0.05) is 32.3 Å². The summed E-state index contributed by atoms with van der Waals surface area (Å²) in [7, 11) is -1.67. The molecule has 0 aliphatic carbocycles. The van der Waals surface area contributed by atoms with E-state index in [2.05, 4.69) is 5.10 Å². The summed E-state index contributed by atoms with van der Waals surface area (Å²) in [5.41, 5.74) is 1.53. The predicted molar refractivity (Wildman–Crippen MR) is 85.1 cm³/mol. The number of hydrogen-bond acceptors (Lipinski definition) is 4. The zero-order valence-corrected chi connectivity index (χ0v) is 13.7. The van der Waals surface area contributed by atoms with E-state index in [0.29, 0.717) is 18.7 Å². The minimum atomic E-state index is -3.52. The Balaban J connectivity index is 1.83. The largest absolute Gasteiger partial charge is 0.276 e. The second kappa shape index (κ2) is 6.14. The van der Waals surface area contributed by atoms with Crippen LogP contribution in [-0.4, -0.2) is 35.6 Å². The van der Waals surface area contributed by atoms with E-state index in [1.807, 2.05) is 25.5 Å². The number of benzene rings is 1. The van der Waals surface area contributed by atoms with E-state index in [0.717, 1.165) is 18.4 Å². The van der Waals surface area contributed by atoms with Crippen molar-refractivity contribution in [2.45, 2.75) is 23.7 Å². The number of rotatable bonds is 3. The van der Waals surface area contributed by atoms with Gasteiger partial charge in [0.15, 0.2) is 0 Å². The van der Waals surface area contributed by atoms with Crippen molar-refractivity contribution in [2.24, 2.45) is 7.05 Å². The van der Waals surface area contributed by atoms with Crippen LogP contribution in [0.15, 0.2) is 41.6 Å². The Morgan fingerprint density at radius 2 is 2.04 bits per heavy atom. The van der Waals surface area contributed by atoms with Crippen LogP contribution in [0.2, 0.25) is 0 Å². The van der Waals surface area contributed by atoms with E-state index in [1.165, 1.54) is 28.6 Å². The SMILES string of the molecule is Cn1cc(C2CCCN(S(=O)(=O)c3ccc(C#N)cc3)C2)cn1. The molecule has 0 N–H and O–H groups in total. The van der Waals surface area contributed by atoms with Gasteiger partial charge in [-0.1, -0.05) is 0 Å². The van der Waals surface area contributed by atoms with E-state index in [1.54, 1.807) is 4.68 Å². The molecule has 23 heavy (non-hydrogen) atoms. The molecule has 1 unspecified atom stereocenters. The molecular formula is C16H18N4O2S. The fourth-order valence-corrected chi connectivity index (χ4v) is 4.46. The quantitative estimate of drug-likeness (QED) is 0.860. The second-order valence-corrected chi connectivity index (χ2v) is 7.72. The summed E-state index contributed by atoms with van der Waals surface area (Å²) < 4.78 is 28.9. The smallest absolute Gasteiger partial charge is 0.243 e. The summed E-state index contributed by atoms with van der Waals surface area (Å²) in [5.74, 6) is 0.172. The highest BCUT2D eigenvalue weighted by atomic mass is 32.2. The molecule has 1 saturated heterocycles. The molecule has 7 heteroatoms. The average Bonchev–Trinajstić information content (AvgIpc) is 3.01. The monoisotopic (exact) mass is 330 g/mol. The highest BCUT2D eigenvalue weighted by Crippen LogP contribution is 2.30. The molecule has 6 nitrogen and oxygen atoms in total. The van der Waals surface area contributed by atoms with Crippen molar-refractivity contribution in [2.75, 3.05) is 13.1 Å². The van der Waals surface area contributed by atoms with Gasteiger partial charge in [-0.05, 0) is 42.7 Å². The Kier molecular flexibility index (Phi) is 4.20. The number of aryl methyl sites for hydroxylation is 1. The normalized spacial score (nSPS) is 19.4. The van der Waals surface area contributed by atoms with Crippen LogP contribution in [0.1, 0.15) is 29.9 Å². The van der Waals surface area contributed by atoms with Gasteiger partial charge in [-0.2, -0.15) is 14.7 Å². The molecule has 0 radical (unpaired) electrons. The maximum Gasteiger partial charge on any atom is 0.243 e. The van der Waals surface area contributed by atoms with Gasteiger partial charge in [0.25, 0.3) is 0 Å². The highest BCUT2D eigenvalue weighted by molar-refractivity contribution is 7.89. The van der Waals surface area contributed by atoms with Crippen LogP contribution in [0.4, 0.5) is 0 Å². The van der Waals surface area contributed by atoms with Crippen molar-refractivity contribution in [3.8, 4) is 6.07 Å². The first-order chi connectivity index (χ1) is 11.0. The molecule has 120 valence electrons. The zero-order valence-electron chi connectivity index (χ0n) is 12.9. The van der Waals surface area contributed by atoms with E-state index in [9.17, 15) is 8.42 Å². The third kappa shape index (κ3) is 3.14. The van der Waals surface area contributed by atoms with Gasteiger partial charge in [-0.15, -0.1) is 0 Å². The Morgan fingerprint density at radius 1 is 1.30 bits per heavy atom. The summed E-state index contributed by atoms with van der Waals surface area (Å²) in [6.07, 6.45) is 5.55. The van der Waals surface area contributed by atoms with Gasteiger partial charge in [-0.25, -0.2) is 8.42 Å². The van der Waals surface area contributed by atoms with Crippen LogP contribution >= 0.6 is 0 Å². The number of nitrogens with zero attached hydrogens (tertiary/aromatic N) is 4. The molecule has 0 saturated carbocycles. The molecule has 1 aliphatic rings. The molecule has 1 aliphatic heterocycles. The Labute approximate surface area is 136 Å². The maximum atomic E-state index is 12.8.